The van der Waals surface area contributed by atoms with Gasteiger partial charge < -0.3 is 15.6 Å². The molecular weight excluding hydrogens is 246 g/mol. The van der Waals surface area contributed by atoms with Gasteiger partial charge >= 0.3 is 0 Å². The Kier molecular flexibility index (Phi) is 2.71. The number of hydrogen-bond donors (Lipinski definition) is 2. The van der Waals surface area contributed by atoms with Gasteiger partial charge in [0.25, 0.3) is 0 Å². The predicted molar refractivity (Wildman–Crippen MR) is 86.3 cm³/mol. The van der Waals surface area contributed by atoms with Crippen molar-refractivity contribution in [3.05, 3.63) is 53.4 Å². The monoisotopic (exact) mass is 265 g/mol. The number of nitrogens with zero attached hydrogens (tertiary/aromatic N) is 1. The summed E-state index contributed by atoms with van der Waals surface area (Å²) in [6.07, 6.45) is 1.88. The number of fused-ring (bicyclic) bond motifs is 1. The molecule has 1 aliphatic heterocycles. The predicted octanol–water partition coefficient (Wildman–Crippen LogP) is 2.00. The van der Waals surface area contributed by atoms with Crippen molar-refractivity contribution in [2.75, 3.05) is 5.73 Å². The molecule has 20 heavy (non-hydrogen) atoms. The van der Waals surface area contributed by atoms with Crippen LogP contribution < -0.4 is 21.7 Å². The van der Waals surface area contributed by atoms with Crippen molar-refractivity contribution in [1.29, 1.82) is 0 Å². The minimum atomic E-state index is 0.146. The van der Waals surface area contributed by atoms with Gasteiger partial charge in [-0.05, 0) is 18.9 Å². The van der Waals surface area contributed by atoms with Crippen molar-refractivity contribution in [1.82, 2.24) is 9.88 Å². The minimum Gasteiger partial charge on any atom is -0.398 e. The van der Waals surface area contributed by atoms with Crippen LogP contribution in [-0.4, -0.2) is 4.57 Å². The van der Waals surface area contributed by atoms with Gasteiger partial charge in [0.05, 0.1) is 6.04 Å². The van der Waals surface area contributed by atoms with Crippen molar-refractivity contribution in [2.45, 2.75) is 18.9 Å². The Hall–Kier alpha value is -2.42. The van der Waals surface area contributed by atoms with Crippen molar-refractivity contribution >= 4 is 29.6 Å². The number of anilines is 1. The number of nitrogens with one attached hydrogen (secondary N) is 1. The molecule has 1 aromatic heterocycles. The normalized spacial score (nSPS) is 19.3. The summed E-state index contributed by atoms with van der Waals surface area (Å²) in [7, 11) is 0. The van der Waals surface area contributed by atoms with Crippen LogP contribution >= 0.6 is 0 Å². The van der Waals surface area contributed by atoms with Gasteiger partial charge in [0.2, 0.25) is 0 Å². The second kappa shape index (κ2) is 4.30. The van der Waals surface area contributed by atoms with Gasteiger partial charge in [-0.3, -0.25) is 0 Å². The molecule has 1 aliphatic rings. The summed E-state index contributed by atoms with van der Waals surface area (Å²) in [6.45, 7) is 16.5. The molecule has 0 saturated carbocycles. The van der Waals surface area contributed by atoms with E-state index in [1.54, 1.807) is 0 Å². The highest BCUT2D eigenvalue weighted by atomic mass is 15.1. The van der Waals surface area contributed by atoms with Crippen LogP contribution in [0.3, 0.4) is 0 Å². The highest BCUT2D eigenvalue weighted by Gasteiger charge is 2.22. The molecule has 2 aromatic rings. The van der Waals surface area contributed by atoms with E-state index in [-0.39, 0.29) is 6.04 Å². The Morgan fingerprint density at radius 2 is 1.90 bits per heavy atom. The fourth-order valence-corrected chi connectivity index (χ4v) is 3.07. The lowest BCUT2D eigenvalue weighted by atomic mass is 10.0. The number of allylic oxidation sites excluding steroid dienone is 2. The molecule has 1 atom stereocenters. The van der Waals surface area contributed by atoms with E-state index in [0.717, 1.165) is 51.4 Å². The van der Waals surface area contributed by atoms with E-state index in [1.165, 1.54) is 0 Å². The van der Waals surface area contributed by atoms with Crippen LogP contribution in [0.1, 0.15) is 18.9 Å². The molecule has 1 fully saturated rings. The Morgan fingerprint density at radius 1 is 1.15 bits per heavy atom. The van der Waals surface area contributed by atoms with Crippen LogP contribution in [0.5, 0.6) is 0 Å². The van der Waals surface area contributed by atoms with Gasteiger partial charge in [0.1, 0.15) is 0 Å². The molecule has 1 saturated heterocycles. The van der Waals surface area contributed by atoms with Crippen molar-refractivity contribution < 1.29 is 0 Å². The second-order valence-corrected chi connectivity index (χ2v) is 5.34. The van der Waals surface area contributed by atoms with Gasteiger partial charge in [-0.1, -0.05) is 38.4 Å². The summed E-state index contributed by atoms with van der Waals surface area (Å²) in [5, 5.41) is 7.15. The van der Waals surface area contributed by atoms with Gasteiger partial charge in [0, 0.05) is 38.6 Å². The number of benzene rings is 1. The maximum Gasteiger partial charge on any atom is 0.0738 e. The number of hydrogen-bond acceptors (Lipinski definition) is 2. The van der Waals surface area contributed by atoms with Crippen LogP contribution in [0.4, 0.5) is 5.69 Å². The van der Waals surface area contributed by atoms with E-state index < -0.39 is 0 Å². The molecule has 0 bridgehead atoms. The molecule has 102 valence electrons. The van der Waals surface area contributed by atoms with Crippen LogP contribution in [-0.2, 0) is 0 Å². The van der Waals surface area contributed by atoms with Crippen LogP contribution in [0.15, 0.2) is 42.8 Å². The largest absolute Gasteiger partial charge is 0.398 e. The molecule has 3 N–H and O–H groups in total. The Balaban J connectivity index is 2.25. The Labute approximate surface area is 118 Å². The second-order valence-electron chi connectivity index (χ2n) is 5.34. The molecule has 1 unspecified atom stereocenters. The van der Waals surface area contributed by atoms with Crippen molar-refractivity contribution in [2.24, 2.45) is 0 Å². The fourth-order valence-electron chi connectivity index (χ4n) is 3.07. The standard InChI is InChI=1S/C17H19N3/c1-10-8-9-16(11(2)19-10)20-12(3)14-6-5-7-15(18)17(14)13(20)4/h5-7,16,19H,1-4,8-9,18H2. The quantitative estimate of drug-likeness (QED) is 0.774. The lowest BCUT2D eigenvalue weighted by molar-refractivity contribution is 0.458. The third-order valence-electron chi connectivity index (χ3n) is 4.05. The molecule has 2 heterocycles. The van der Waals surface area contributed by atoms with Crippen LogP contribution in [0.2, 0.25) is 0 Å². The SMILES string of the molecule is C=C1CCC(n2c(=C)c3cccc(N)c3c2=C)C(=C)N1. The first-order chi connectivity index (χ1) is 9.50. The molecule has 3 nitrogen and oxygen atoms in total. The van der Waals surface area contributed by atoms with E-state index in [9.17, 15) is 0 Å². The molecule has 0 amide bonds. The summed E-state index contributed by atoms with van der Waals surface area (Å²) < 4.78 is 2.14. The summed E-state index contributed by atoms with van der Waals surface area (Å²) >= 11 is 0. The number of aromatic nitrogens is 1. The molecule has 3 rings (SSSR count). The van der Waals surface area contributed by atoms with Crippen molar-refractivity contribution in [3.8, 4) is 0 Å². The molecule has 1 aromatic carbocycles. The zero-order valence-corrected chi connectivity index (χ0v) is 11.6. The molecule has 0 spiro atoms. The van der Waals surface area contributed by atoms with Gasteiger partial charge in [-0.2, -0.15) is 0 Å². The van der Waals surface area contributed by atoms with Gasteiger partial charge in [-0.25, -0.2) is 0 Å². The molecule has 3 heteroatoms. The van der Waals surface area contributed by atoms with Gasteiger partial charge in [-0.15, -0.1) is 0 Å². The summed E-state index contributed by atoms with van der Waals surface area (Å²) in [5.74, 6) is 0. The first-order valence-corrected chi connectivity index (χ1v) is 6.70. The van der Waals surface area contributed by atoms with E-state index in [0.29, 0.717) is 0 Å². The maximum atomic E-state index is 6.09. The maximum absolute atomic E-state index is 6.09. The lowest BCUT2D eigenvalue weighted by Crippen LogP contribution is -2.36. The first kappa shape index (κ1) is 12.6. The highest BCUT2D eigenvalue weighted by Crippen LogP contribution is 2.27. The zero-order chi connectivity index (χ0) is 14.4. The number of nitrogen functional groups attached to an aromatic ring is 1. The van der Waals surface area contributed by atoms with Gasteiger partial charge in [0.15, 0.2) is 0 Å². The van der Waals surface area contributed by atoms with E-state index >= 15 is 0 Å². The van der Waals surface area contributed by atoms with E-state index in [1.807, 2.05) is 18.2 Å². The van der Waals surface area contributed by atoms with E-state index in [2.05, 4.69) is 36.2 Å². The molecule has 0 aliphatic carbocycles. The number of nitrogens with two attached hydrogens (primary N) is 1. The zero-order valence-electron chi connectivity index (χ0n) is 11.6. The number of rotatable bonds is 1. The van der Waals surface area contributed by atoms with Crippen LogP contribution in [0, 0.1) is 0 Å². The Bertz CT molecular complexity index is 826. The Morgan fingerprint density at radius 3 is 2.55 bits per heavy atom. The highest BCUT2D eigenvalue weighted by molar-refractivity contribution is 5.93. The minimum absolute atomic E-state index is 0.146. The van der Waals surface area contributed by atoms with Crippen LogP contribution in [0.25, 0.3) is 23.9 Å². The van der Waals surface area contributed by atoms with Crippen molar-refractivity contribution in [3.63, 3.8) is 0 Å². The first-order valence-electron chi connectivity index (χ1n) is 6.70. The smallest absolute Gasteiger partial charge is 0.0738 e. The number of piperidine rings is 1. The third kappa shape index (κ3) is 1.67. The summed E-state index contributed by atoms with van der Waals surface area (Å²) in [6, 6.07) is 6.03. The summed E-state index contributed by atoms with van der Waals surface area (Å²) in [4.78, 5) is 0. The topological polar surface area (TPSA) is 43.0 Å². The average Bonchev–Trinajstić information content (AvgIpc) is 2.64. The average molecular weight is 265 g/mol. The third-order valence-corrected chi connectivity index (χ3v) is 4.05. The summed E-state index contributed by atoms with van der Waals surface area (Å²) in [5.41, 5.74) is 8.79. The molecule has 0 radical (unpaired) electrons. The lowest BCUT2D eigenvalue weighted by Gasteiger charge is -2.29. The molecular formula is C17H19N3. The van der Waals surface area contributed by atoms with E-state index in [4.69, 9.17) is 5.73 Å². The fraction of sp³-hybridized carbons (Fsp3) is 0.176.